The Morgan fingerprint density at radius 2 is 1.76 bits per heavy atom. The molecule has 1 aliphatic carbocycles. The van der Waals surface area contributed by atoms with Gasteiger partial charge in [0.25, 0.3) is 0 Å². The normalized spacial score (nSPS) is 15.5. The molecule has 7 nitrogen and oxygen atoms in total. The van der Waals surface area contributed by atoms with Crippen LogP contribution in [0.2, 0.25) is 0 Å². The van der Waals surface area contributed by atoms with E-state index in [0.717, 1.165) is 32.1 Å². The summed E-state index contributed by atoms with van der Waals surface area (Å²) in [6.07, 6.45) is 7.67. The fourth-order valence-electron chi connectivity index (χ4n) is 4.13. The Labute approximate surface area is 220 Å². The first-order chi connectivity index (χ1) is 18.1. The van der Waals surface area contributed by atoms with Crippen molar-refractivity contribution in [2.24, 2.45) is 5.92 Å². The van der Waals surface area contributed by atoms with Gasteiger partial charge in [-0.3, -0.25) is 4.79 Å². The quantitative estimate of drug-likeness (QED) is 0.319. The molecule has 1 fully saturated rings. The monoisotopic (exact) mass is 508 g/mol. The molecule has 0 spiro atoms. The Morgan fingerprint density at radius 3 is 2.41 bits per heavy atom. The molecule has 1 atom stereocenters. The number of carbonyl (C=O) groups excluding carboxylic acids is 3. The van der Waals surface area contributed by atoms with Crippen LogP contribution in [0.25, 0.3) is 6.08 Å². The minimum Gasteiger partial charge on any atom is -0.482 e. The van der Waals surface area contributed by atoms with Gasteiger partial charge in [0.1, 0.15) is 11.4 Å². The molecule has 7 heteroatoms. The van der Waals surface area contributed by atoms with Crippen LogP contribution < -0.4 is 9.64 Å². The van der Waals surface area contributed by atoms with E-state index in [1.54, 1.807) is 69.3 Å². The first kappa shape index (κ1) is 26.5. The highest BCUT2D eigenvalue weighted by atomic mass is 16.6. The number of amides is 1. The van der Waals surface area contributed by atoms with Crippen LogP contribution in [-0.2, 0) is 30.4 Å². The Morgan fingerprint density at radius 1 is 1.05 bits per heavy atom. The number of ether oxygens (including phenoxy) is 3. The Kier molecular flexibility index (Phi) is 9.35. The summed E-state index contributed by atoms with van der Waals surface area (Å²) in [6, 6.07) is 14.0. The molecule has 1 amide bonds. The van der Waals surface area contributed by atoms with E-state index in [-0.39, 0.29) is 18.4 Å². The Balaban J connectivity index is 1.83. The lowest BCUT2D eigenvalue weighted by molar-refractivity contribution is -0.157. The van der Waals surface area contributed by atoms with Crippen molar-refractivity contribution in [3.05, 3.63) is 65.7 Å². The third-order valence-corrected chi connectivity index (χ3v) is 5.89. The molecule has 2 aromatic rings. The van der Waals surface area contributed by atoms with Gasteiger partial charge >= 0.3 is 11.9 Å². The lowest BCUT2D eigenvalue weighted by Gasteiger charge is -2.30. The zero-order valence-corrected chi connectivity index (χ0v) is 22.1. The van der Waals surface area contributed by atoms with Gasteiger partial charge in [0, 0.05) is 17.7 Å². The van der Waals surface area contributed by atoms with Crippen LogP contribution in [0.15, 0.2) is 54.6 Å². The first-order valence-electron chi connectivity index (χ1n) is 13.2. The molecule has 3 rings (SSSR count). The highest BCUT2D eigenvalue weighted by molar-refractivity contribution is 5.95. The van der Waals surface area contributed by atoms with Crippen molar-refractivity contribution in [2.45, 2.75) is 65.0 Å². The van der Waals surface area contributed by atoms with E-state index in [4.69, 9.17) is 10.8 Å². The smallest absolute Gasteiger partial charge is 0.344 e. The first-order valence-corrected chi connectivity index (χ1v) is 12.6. The van der Waals surface area contributed by atoms with Gasteiger partial charge in [-0.1, -0.05) is 43.5 Å². The minimum absolute atomic E-state index is 0.0796. The van der Waals surface area contributed by atoms with E-state index in [1.807, 2.05) is 6.07 Å². The van der Waals surface area contributed by atoms with E-state index in [2.05, 4.69) is 4.74 Å². The second-order valence-electron chi connectivity index (χ2n) is 10.1. The average Bonchev–Trinajstić information content (AvgIpc) is 2.90. The summed E-state index contributed by atoms with van der Waals surface area (Å²) in [7, 11) is 1.31. The third kappa shape index (κ3) is 9.08. The molecule has 198 valence electrons. The Hall–Kier alpha value is -3.61. The number of benzene rings is 2. The third-order valence-electron chi connectivity index (χ3n) is 5.89. The number of esters is 2. The zero-order chi connectivity index (χ0) is 27.7. The number of hydrogen-bond acceptors (Lipinski definition) is 6. The molecule has 0 bridgehead atoms. The van der Waals surface area contributed by atoms with Gasteiger partial charge < -0.3 is 19.1 Å². The fourth-order valence-corrected chi connectivity index (χ4v) is 4.13. The van der Waals surface area contributed by atoms with Gasteiger partial charge in [0.15, 0.2) is 6.61 Å². The molecule has 0 radical (unpaired) electrons. The second kappa shape index (κ2) is 13.1. The van der Waals surface area contributed by atoms with Crippen molar-refractivity contribution in [3.8, 4) is 5.75 Å². The van der Waals surface area contributed by atoms with Gasteiger partial charge in [0.05, 0.1) is 15.0 Å². The van der Waals surface area contributed by atoms with Gasteiger partial charge in [-0.2, -0.15) is 0 Å². The van der Waals surface area contributed by atoms with Crippen LogP contribution in [-0.4, -0.2) is 37.2 Å². The van der Waals surface area contributed by atoms with Crippen molar-refractivity contribution in [1.82, 2.24) is 0 Å². The van der Waals surface area contributed by atoms with E-state index in [9.17, 15) is 14.4 Å². The number of nitrogens with zero attached hydrogens (tertiary/aromatic N) is 1. The molecular weight excluding hydrogens is 470 g/mol. The van der Waals surface area contributed by atoms with Crippen LogP contribution in [0.5, 0.6) is 5.75 Å². The predicted molar refractivity (Wildman–Crippen MR) is 143 cm³/mol. The molecule has 2 aromatic carbocycles. The summed E-state index contributed by atoms with van der Waals surface area (Å²) in [5.74, 6) is -0.693. The van der Waals surface area contributed by atoms with E-state index in [0.29, 0.717) is 22.6 Å². The van der Waals surface area contributed by atoms with Crippen LogP contribution in [0, 0.1) is 5.92 Å². The molecule has 1 aliphatic rings. The topological polar surface area (TPSA) is 82.1 Å². The summed E-state index contributed by atoms with van der Waals surface area (Å²) in [5.41, 5.74) is 1.31. The minimum atomic E-state index is -0.996. The SMILES string of the molecule is [2H]C(c1ccc(OCC(=O)OC(C)(C)C)cc1)N(C(=O)C1CCCCC1)c1cccc(/C=C/C(=O)OC)c1. The van der Waals surface area contributed by atoms with E-state index >= 15 is 0 Å². The molecule has 0 aromatic heterocycles. The van der Waals surface area contributed by atoms with Gasteiger partial charge in [0.2, 0.25) is 5.91 Å². The van der Waals surface area contributed by atoms with Gasteiger partial charge in [-0.15, -0.1) is 0 Å². The van der Waals surface area contributed by atoms with Gasteiger partial charge in [-0.05, 0) is 75.1 Å². The van der Waals surface area contributed by atoms with Crippen molar-refractivity contribution in [1.29, 1.82) is 0 Å². The zero-order valence-electron chi connectivity index (χ0n) is 23.1. The van der Waals surface area contributed by atoms with Gasteiger partial charge in [-0.25, -0.2) is 9.59 Å². The molecule has 0 heterocycles. The average molecular weight is 509 g/mol. The predicted octanol–water partition coefficient (Wildman–Crippen LogP) is 5.71. The number of anilines is 1. The van der Waals surface area contributed by atoms with Crippen molar-refractivity contribution < 1.29 is 30.0 Å². The van der Waals surface area contributed by atoms with Crippen LogP contribution >= 0.6 is 0 Å². The standard InChI is InChI=1S/C30H37NO6/c1-30(2,3)37-28(33)21-36-26-16-13-23(14-17-26)20-31(29(34)24-10-6-5-7-11-24)25-12-8-9-22(19-25)15-18-27(32)35-4/h8-9,12-19,24H,5-7,10-11,20-21H2,1-4H3/b18-15+/i20D. The molecule has 1 saturated carbocycles. The molecular formula is C30H37NO6. The number of hydrogen-bond donors (Lipinski definition) is 0. The van der Waals surface area contributed by atoms with Crippen LogP contribution in [0.4, 0.5) is 5.69 Å². The number of carbonyl (C=O) groups is 3. The van der Waals surface area contributed by atoms with E-state index < -0.39 is 24.1 Å². The molecule has 0 aliphatic heterocycles. The maximum absolute atomic E-state index is 13.7. The summed E-state index contributed by atoms with van der Waals surface area (Å²) in [5, 5.41) is 0. The van der Waals surface area contributed by atoms with Crippen LogP contribution in [0.3, 0.4) is 0 Å². The van der Waals surface area contributed by atoms with E-state index in [1.165, 1.54) is 18.1 Å². The Bertz CT molecular complexity index is 1130. The number of methoxy groups -OCH3 is 1. The second-order valence-corrected chi connectivity index (χ2v) is 10.1. The van der Waals surface area contributed by atoms with Crippen molar-refractivity contribution in [2.75, 3.05) is 18.6 Å². The van der Waals surface area contributed by atoms with Crippen molar-refractivity contribution in [3.63, 3.8) is 0 Å². The lowest BCUT2D eigenvalue weighted by Crippen LogP contribution is -2.36. The lowest BCUT2D eigenvalue weighted by atomic mass is 9.88. The molecule has 0 N–H and O–H groups in total. The largest absolute Gasteiger partial charge is 0.482 e. The summed E-state index contributed by atoms with van der Waals surface area (Å²) < 4.78 is 24.5. The van der Waals surface area contributed by atoms with Crippen molar-refractivity contribution >= 4 is 29.6 Å². The van der Waals surface area contributed by atoms with Crippen LogP contribution in [0.1, 0.15) is 65.4 Å². The summed E-state index contributed by atoms with van der Waals surface area (Å²) in [6.45, 7) is 4.15. The fraction of sp³-hybridized carbons (Fsp3) is 0.433. The molecule has 1 unspecified atom stereocenters. The summed E-state index contributed by atoms with van der Waals surface area (Å²) in [4.78, 5) is 38.8. The molecule has 37 heavy (non-hydrogen) atoms. The summed E-state index contributed by atoms with van der Waals surface area (Å²) >= 11 is 0. The number of rotatable bonds is 9. The maximum Gasteiger partial charge on any atom is 0.344 e. The molecule has 0 saturated heterocycles. The maximum atomic E-state index is 13.7. The highest BCUT2D eigenvalue weighted by Crippen LogP contribution is 2.29. The highest BCUT2D eigenvalue weighted by Gasteiger charge is 2.27.